The maximum Gasteiger partial charge on any atom is 0.224 e. The van der Waals surface area contributed by atoms with Crippen LogP contribution in [0.25, 0.3) is 0 Å². The first-order chi connectivity index (χ1) is 38.8. The largest absolute Gasteiger partial charge is 0.369 e. The Kier molecular flexibility index (Phi) is 20.7. The molecule has 0 aliphatic heterocycles. The second-order valence-corrected chi connectivity index (χ2v) is 20.8. The fraction of sp³-hybridized carbons (Fsp3) is 0.333. The summed E-state index contributed by atoms with van der Waals surface area (Å²) in [6.45, 7) is 11.6. The Bertz CT molecular complexity index is 3210. The Hall–Kier alpha value is -9.06. The van der Waals surface area contributed by atoms with Gasteiger partial charge in [-0.05, 0) is 147 Å². The molecule has 9 rings (SSSR count). The monoisotopic (exact) mass is 1090 g/mol. The molecule has 1 unspecified atom stereocenters. The van der Waals surface area contributed by atoms with Crippen LogP contribution >= 0.6 is 0 Å². The number of carbonyl (C=O) groups is 3. The molecule has 18 heteroatoms. The lowest BCUT2D eigenvalue weighted by Gasteiger charge is -2.14. The SMILES string of the molecule is Cc1cnc(Cc2cnn(C)c2)nc1CCc1ccccc1C(C)C(N)=O.Cc1cnc(Cc2cnn(C)c2)nc1CCc1ccccc1[C@@H](C)C(N)=O.Cc1cnc(Cc2cnn(C)c2)nc1CCc1ccccc1[C@H](C)C(N)=O. The molecule has 81 heavy (non-hydrogen) atoms. The van der Waals surface area contributed by atoms with Crippen LogP contribution in [0.3, 0.4) is 0 Å². The van der Waals surface area contributed by atoms with E-state index in [2.05, 4.69) is 48.4 Å². The van der Waals surface area contributed by atoms with Gasteiger partial charge in [-0.15, -0.1) is 0 Å². The summed E-state index contributed by atoms with van der Waals surface area (Å²) < 4.78 is 5.34. The van der Waals surface area contributed by atoms with Gasteiger partial charge in [0.25, 0.3) is 0 Å². The van der Waals surface area contributed by atoms with E-state index in [1.165, 1.54) is 0 Å². The predicted octanol–water partition coefficient (Wildman–Crippen LogP) is 7.45. The first-order valence-corrected chi connectivity index (χ1v) is 27.3. The average Bonchev–Trinajstić information content (AvgIpc) is 4.24. The molecule has 0 bridgehead atoms. The molecule has 3 aromatic carbocycles. The summed E-state index contributed by atoms with van der Waals surface area (Å²) in [7, 11) is 5.69. The highest BCUT2D eigenvalue weighted by Crippen LogP contribution is 2.25. The van der Waals surface area contributed by atoms with Gasteiger partial charge in [0.1, 0.15) is 17.5 Å². The van der Waals surface area contributed by atoms with E-state index in [-0.39, 0.29) is 35.5 Å². The molecule has 0 radical (unpaired) electrons. The minimum absolute atomic E-state index is 0.297. The summed E-state index contributed by atoms with van der Waals surface area (Å²) in [6.07, 6.45) is 23.9. The number of rotatable bonds is 21. The number of benzene rings is 3. The smallest absolute Gasteiger partial charge is 0.224 e. The molecule has 0 spiro atoms. The Labute approximate surface area is 474 Å². The number of nitrogens with two attached hydrogens (primary N) is 3. The number of nitrogens with zero attached hydrogens (tertiary/aromatic N) is 12. The number of hydrogen-bond donors (Lipinski definition) is 3. The number of carbonyl (C=O) groups excluding carboxylic acids is 3. The first kappa shape index (κ1) is 59.6. The van der Waals surface area contributed by atoms with Crippen LogP contribution in [0, 0.1) is 20.8 Å². The molecule has 9 aromatic rings. The van der Waals surface area contributed by atoms with E-state index in [4.69, 9.17) is 32.2 Å². The highest BCUT2D eigenvalue weighted by molar-refractivity contribution is 5.83. The second kappa shape index (κ2) is 28.2. The highest BCUT2D eigenvalue weighted by Gasteiger charge is 2.19. The molecule has 420 valence electrons. The van der Waals surface area contributed by atoms with E-state index in [9.17, 15) is 14.4 Å². The van der Waals surface area contributed by atoms with Crippen LogP contribution in [0.2, 0.25) is 0 Å². The quantitative estimate of drug-likeness (QED) is 0.0634. The van der Waals surface area contributed by atoms with Crippen molar-refractivity contribution in [2.45, 2.75) is 117 Å². The van der Waals surface area contributed by atoms with Crippen LogP contribution < -0.4 is 17.2 Å². The highest BCUT2D eigenvalue weighted by atomic mass is 16.2. The summed E-state index contributed by atoms with van der Waals surface area (Å²) in [5.74, 6) is 0.571. The molecule has 0 saturated heterocycles. The molecule has 6 heterocycles. The normalized spacial score (nSPS) is 12.1. The molecule has 0 saturated carbocycles. The molecule has 6 aromatic heterocycles. The third-order valence-electron chi connectivity index (χ3n) is 14.5. The topological polar surface area (TPSA) is 260 Å². The lowest BCUT2D eigenvalue weighted by atomic mass is 9.92. The lowest BCUT2D eigenvalue weighted by Crippen LogP contribution is -2.20. The zero-order valence-electron chi connectivity index (χ0n) is 48.0. The zero-order valence-corrected chi connectivity index (χ0v) is 48.0. The first-order valence-electron chi connectivity index (χ1n) is 27.3. The van der Waals surface area contributed by atoms with Gasteiger partial charge in [0.05, 0.1) is 36.3 Å². The van der Waals surface area contributed by atoms with Crippen molar-refractivity contribution in [3.63, 3.8) is 0 Å². The molecule has 6 N–H and O–H groups in total. The van der Waals surface area contributed by atoms with E-state index in [0.717, 1.165) is 140 Å². The summed E-state index contributed by atoms with van der Waals surface area (Å²) in [6, 6.07) is 23.9. The van der Waals surface area contributed by atoms with Crippen molar-refractivity contribution in [1.82, 2.24) is 59.2 Å². The molecular weight excluding hydrogens is 1010 g/mol. The van der Waals surface area contributed by atoms with Crippen molar-refractivity contribution in [1.29, 1.82) is 0 Å². The average molecular weight is 1090 g/mol. The standard InChI is InChI=1S/3C21H25N5O/c3*1-14-11-23-20(10-16-12-24-26(3)13-16)25-19(14)9-8-17-6-4-5-7-18(17)15(2)21(22)27/h3*4-7,11-13,15H,8-10H2,1-3H3,(H2,22,27)/t2*15-;/m10./s1. The van der Waals surface area contributed by atoms with E-state index in [1.54, 1.807) is 14.0 Å². The fourth-order valence-corrected chi connectivity index (χ4v) is 9.58. The molecule has 0 aliphatic carbocycles. The zero-order chi connectivity index (χ0) is 58.2. The molecule has 3 atom stereocenters. The molecular formula is C63H75N15O3. The summed E-state index contributed by atoms with van der Waals surface area (Å²) in [5.41, 5.74) is 32.5. The van der Waals surface area contributed by atoms with Crippen molar-refractivity contribution >= 4 is 17.7 Å². The predicted molar refractivity (Wildman–Crippen MR) is 313 cm³/mol. The van der Waals surface area contributed by atoms with Crippen LogP contribution in [-0.4, -0.2) is 77.0 Å². The molecule has 18 nitrogen and oxygen atoms in total. The van der Waals surface area contributed by atoms with Gasteiger partial charge in [-0.25, -0.2) is 29.9 Å². The Morgan fingerprint density at radius 1 is 0.407 bits per heavy atom. The maximum absolute atomic E-state index is 11.6. The number of aromatic nitrogens is 12. The van der Waals surface area contributed by atoms with Crippen molar-refractivity contribution in [2.24, 2.45) is 38.3 Å². The summed E-state index contributed by atoms with van der Waals surface area (Å²) in [5, 5.41) is 12.6. The van der Waals surface area contributed by atoms with Crippen LogP contribution in [0.15, 0.2) is 129 Å². The molecule has 0 fully saturated rings. The maximum atomic E-state index is 11.6. The van der Waals surface area contributed by atoms with Crippen LogP contribution in [0.1, 0.15) is 140 Å². The minimum Gasteiger partial charge on any atom is -0.369 e. The third-order valence-corrected chi connectivity index (χ3v) is 14.5. The van der Waals surface area contributed by atoms with Crippen LogP contribution in [-0.2, 0) is 93.3 Å². The van der Waals surface area contributed by atoms with Gasteiger partial charge in [-0.2, -0.15) is 15.3 Å². The number of aryl methyl sites for hydroxylation is 12. The van der Waals surface area contributed by atoms with Gasteiger partial charge in [0, 0.05) is 94.7 Å². The van der Waals surface area contributed by atoms with Gasteiger partial charge in [0.2, 0.25) is 17.7 Å². The fourth-order valence-electron chi connectivity index (χ4n) is 9.58. The van der Waals surface area contributed by atoms with Gasteiger partial charge < -0.3 is 17.2 Å². The van der Waals surface area contributed by atoms with Gasteiger partial charge >= 0.3 is 0 Å². The van der Waals surface area contributed by atoms with E-state index in [1.807, 2.05) is 173 Å². The molecule has 0 aliphatic rings. The number of hydrogen-bond acceptors (Lipinski definition) is 12. The van der Waals surface area contributed by atoms with Gasteiger partial charge in [-0.1, -0.05) is 72.8 Å². The summed E-state index contributed by atoms with van der Waals surface area (Å²) in [4.78, 5) is 62.4. The Morgan fingerprint density at radius 3 is 0.901 bits per heavy atom. The van der Waals surface area contributed by atoms with Crippen LogP contribution in [0.4, 0.5) is 0 Å². The van der Waals surface area contributed by atoms with Crippen LogP contribution in [0.5, 0.6) is 0 Å². The molecule has 3 amide bonds. The van der Waals surface area contributed by atoms with Gasteiger partial charge in [-0.3, -0.25) is 28.4 Å². The van der Waals surface area contributed by atoms with Crippen molar-refractivity contribution in [3.8, 4) is 0 Å². The van der Waals surface area contributed by atoms with E-state index < -0.39 is 0 Å². The van der Waals surface area contributed by atoms with Crippen molar-refractivity contribution < 1.29 is 14.4 Å². The van der Waals surface area contributed by atoms with Crippen molar-refractivity contribution in [3.05, 3.63) is 230 Å². The number of primary amides is 3. The van der Waals surface area contributed by atoms with E-state index in [0.29, 0.717) is 19.3 Å². The minimum atomic E-state index is -0.306. The van der Waals surface area contributed by atoms with E-state index >= 15 is 0 Å². The van der Waals surface area contributed by atoms with Gasteiger partial charge in [0.15, 0.2) is 0 Å². The third kappa shape index (κ3) is 17.0. The lowest BCUT2D eigenvalue weighted by molar-refractivity contribution is -0.119. The Balaban J connectivity index is 0.000000175. The van der Waals surface area contributed by atoms with Crippen molar-refractivity contribution in [2.75, 3.05) is 0 Å². The Morgan fingerprint density at radius 2 is 0.667 bits per heavy atom. The number of amides is 3. The second-order valence-electron chi connectivity index (χ2n) is 20.8. The summed E-state index contributed by atoms with van der Waals surface area (Å²) >= 11 is 0.